The summed E-state index contributed by atoms with van der Waals surface area (Å²) < 4.78 is 32.1. The van der Waals surface area contributed by atoms with Crippen LogP contribution < -0.4 is 10.6 Å². The molecule has 0 spiro atoms. The van der Waals surface area contributed by atoms with Crippen LogP contribution in [0.25, 0.3) is 33.9 Å². The molecule has 0 fully saturated rings. The number of benzene rings is 2. The van der Waals surface area contributed by atoms with Gasteiger partial charge in [-0.05, 0) is 72.5 Å². The smallest absolute Gasteiger partial charge is 0.167 e. The molecule has 2 aromatic carbocycles. The van der Waals surface area contributed by atoms with Crippen molar-refractivity contribution in [3.63, 3.8) is 0 Å². The minimum Gasteiger partial charge on any atom is -0.394 e. The van der Waals surface area contributed by atoms with E-state index in [-0.39, 0.29) is 35.2 Å². The predicted molar refractivity (Wildman–Crippen MR) is 142 cm³/mol. The summed E-state index contributed by atoms with van der Waals surface area (Å²) in [4.78, 5) is 0. The number of aromatic nitrogens is 3. The van der Waals surface area contributed by atoms with E-state index < -0.39 is 30.9 Å². The number of nitrogens with one attached hydrogen (secondary N) is 2. The second-order valence-corrected chi connectivity index (χ2v) is 8.99. The van der Waals surface area contributed by atoms with Gasteiger partial charge in [-0.15, -0.1) is 22.6 Å². The molecule has 5 rings (SSSR count). The van der Waals surface area contributed by atoms with Gasteiger partial charge in [-0.3, -0.25) is 4.57 Å². The third kappa shape index (κ3) is 5.51. The summed E-state index contributed by atoms with van der Waals surface area (Å²) in [5.74, 6) is -0.775. The number of aliphatic hydroxyl groups excluding tert-OH is 2. The fourth-order valence-electron chi connectivity index (χ4n) is 4.79. The van der Waals surface area contributed by atoms with E-state index in [9.17, 15) is 10.2 Å². The van der Waals surface area contributed by atoms with Gasteiger partial charge in [0.2, 0.25) is 0 Å². The molecule has 1 aromatic heterocycles. The standard InChI is InChI=1S/C27H29F2N5O2.ClH/c28-24-13-19(17-5-9-30-10-6-17)1-3-22(24)26-32-33-27(34(26)21(15-35)16-36)23-4-2-20(14-25(23)29)18-7-11-31-12-8-18;/h1-5,7,13-14,21,30-31,35-36H,6,8-12,15-16H2;1H. The topological polar surface area (TPSA) is 95.2 Å². The molecule has 2 aliphatic rings. The monoisotopic (exact) mass is 529 g/mol. The molecule has 0 bridgehead atoms. The number of nitrogens with zero attached hydrogens (tertiary/aromatic N) is 3. The molecule has 0 saturated heterocycles. The summed E-state index contributed by atoms with van der Waals surface area (Å²) in [6.07, 6.45) is 5.69. The van der Waals surface area contributed by atoms with E-state index in [2.05, 4.69) is 20.8 Å². The average Bonchev–Trinajstić information content (AvgIpc) is 3.34. The van der Waals surface area contributed by atoms with Crippen LogP contribution in [0.4, 0.5) is 8.78 Å². The van der Waals surface area contributed by atoms with Gasteiger partial charge in [0, 0.05) is 13.1 Å². The van der Waals surface area contributed by atoms with Crippen LogP contribution in [-0.4, -0.2) is 64.4 Å². The van der Waals surface area contributed by atoms with Gasteiger partial charge < -0.3 is 20.8 Å². The Kier molecular flexibility index (Phi) is 8.83. The molecule has 0 atom stereocenters. The van der Waals surface area contributed by atoms with Gasteiger partial charge in [-0.1, -0.05) is 24.3 Å². The molecule has 37 heavy (non-hydrogen) atoms. The molecular formula is C27H30ClF2N5O2. The summed E-state index contributed by atoms with van der Waals surface area (Å²) in [5.41, 5.74) is 4.04. The van der Waals surface area contributed by atoms with Crippen molar-refractivity contribution in [3.8, 4) is 22.8 Å². The Morgan fingerprint density at radius 3 is 1.59 bits per heavy atom. The zero-order valence-corrected chi connectivity index (χ0v) is 21.1. The largest absolute Gasteiger partial charge is 0.394 e. The minimum absolute atomic E-state index is 0. The zero-order valence-electron chi connectivity index (χ0n) is 20.3. The van der Waals surface area contributed by atoms with Gasteiger partial charge in [0.1, 0.15) is 11.6 Å². The first-order chi connectivity index (χ1) is 17.6. The van der Waals surface area contributed by atoms with Crippen molar-refractivity contribution in [1.82, 2.24) is 25.4 Å². The molecular weight excluding hydrogens is 500 g/mol. The van der Waals surface area contributed by atoms with Crippen molar-refractivity contribution in [2.75, 3.05) is 39.4 Å². The minimum atomic E-state index is -0.873. The second kappa shape index (κ2) is 12.1. The van der Waals surface area contributed by atoms with Crippen LogP contribution in [0.3, 0.4) is 0 Å². The lowest BCUT2D eigenvalue weighted by molar-refractivity contribution is 0.156. The number of halogens is 3. The van der Waals surface area contributed by atoms with Gasteiger partial charge >= 0.3 is 0 Å². The van der Waals surface area contributed by atoms with E-state index in [4.69, 9.17) is 0 Å². The lowest BCUT2D eigenvalue weighted by Crippen LogP contribution is -2.20. The molecule has 0 radical (unpaired) electrons. The highest BCUT2D eigenvalue weighted by atomic mass is 35.5. The van der Waals surface area contributed by atoms with Crippen molar-refractivity contribution < 1.29 is 19.0 Å². The van der Waals surface area contributed by atoms with Crippen LogP contribution in [0.1, 0.15) is 30.0 Å². The van der Waals surface area contributed by atoms with Crippen LogP contribution in [0.5, 0.6) is 0 Å². The van der Waals surface area contributed by atoms with E-state index in [1.54, 1.807) is 12.1 Å². The Hall–Kier alpha value is -2.95. The van der Waals surface area contributed by atoms with Crippen molar-refractivity contribution in [2.24, 2.45) is 0 Å². The molecule has 196 valence electrons. The number of hydrogen-bond acceptors (Lipinski definition) is 6. The van der Waals surface area contributed by atoms with E-state index in [0.29, 0.717) is 0 Å². The zero-order chi connectivity index (χ0) is 25.1. The van der Waals surface area contributed by atoms with Crippen LogP contribution in [0, 0.1) is 11.6 Å². The highest BCUT2D eigenvalue weighted by molar-refractivity contribution is 5.85. The number of hydrogen-bond donors (Lipinski definition) is 4. The fraction of sp³-hybridized carbons (Fsp3) is 0.333. The molecule has 0 unspecified atom stereocenters. The summed E-state index contributed by atoms with van der Waals surface area (Å²) in [5, 5.41) is 34.7. The summed E-state index contributed by atoms with van der Waals surface area (Å²) in [7, 11) is 0. The Bertz CT molecular complexity index is 1230. The molecule has 0 saturated carbocycles. The van der Waals surface area contributed by atoms with Gasteiger partial charge in [-0.25, -0.2) is 8.78 Å². The van der Waals surface area contributed by atoms with Crippen molar-refractivity contribution >= 4 is 23.6 Å². The molecule has 3 heterocycles. The summed E-state index contributed by atoms with van der Waals surface area (Å²) >= 11 is 0. The first kappa shape index (κ1) is 27.1. The van der Waals surface area contributed by atoms with Crippen molar-refractivity contribution in [2.45, 2.75) is 18.9 Å². The van der Waals surface area contributed by atoms with Crippen LogP contribution >= 0.6 is 12.4 Å². The normalized spacial score (nSPS) is 15.8. The lowest BCUT2D eigenvalue weighted by atomic mass is 9.98. The van der Waals surface area contributed by atoms with E-state index in [1.165, 1.54) is 16.7 Å². The Balaban J connectivity index is 0.00000320. The summed E-state index contributed by atoms with van der Waals surface area (Å²) in [6.45, 7) is 2.24. The van der Waals surface area contributed by atoms with Gasteiger partial charge in [-0.2, -0.15) is 0 Å². The molecule has 4 N–H and O–H groups in total. The van der Waals surface area contributed by atoms with Crippen LogP contribution in [-0.2, 0) is 0 Å². The van der Waals surface area contributed by atoms with E-state index >= 15 is 8.78 Å². The average molecular weight is 530 g/mol. The third-order valence-corrected chi connectivity index (χ3v) is 6.77. The first-order valence-electron chi connectivity index (χ1n) is 12.2. The molecule has 3 aromatic rings. The Morgan fingerprint density at radius 1 is 0.784 bits per heavy atom. The van der Waals surface area contributed by atoms with Crippen LogP contribution in [0.2, 0.25) is 0 Å². The number of rotatable bonds is 7. The van der Waals surface area contributed by atoms with Gasteiger partial charge in [0.05, 0.1) is 30.4 Å². The molecule has 0 aliphatic carbocycles. The fourth-order valence-corrected chi connectivity index (χ4v) is 4.79. The van der Waals surface area contributed by atoms with Gasteiger partial charge in [0.25, 0.3) is 0 Å². The lowest BCUT2D eigenvalue weighted by Gasteiger charge is -2.20. The molecule has 10 heteroatoms. The van der Waals surface area contributed by atoms with E-state index in [0.717, 1.165) is 61.3 Å². The SMILES string of the molecule is Cl.OCC(CO)n1c(-c2ccc(C3=CCNCC3)cc2F)nnc1-c1ccc(C2=CCNCC2)cc1F. The maximum atomic E-state index is 15.4. The quantitative estimate of drug-likeness (QED) is 0.374. The predicted octanol–water partition coefficient (Wildman–Crippen LogP) is 3.59. The maximum absolute atomic E-state index is 15.4. The number of aliphatic hydroxyl groups is 2. The van der Waals surface area contributed by atoms with Gasteiger partial charge in [0.15, 0.2) is 11.6 Å². The highest BCUT2D eigenvalue weighted by Gasteiger charge is 2.26. The second-order valence-electron chi connectivity index (χ2n) is 8.99. The summed E-state index contributed by atoms with van der Waals surface area (Å²) in [6, 6.07) is 8.93. The Labute approximate surface area is 220 Å². The van der Waals surface area contributed by atoms with Crippen molar-refractivity contribution in [3.05, 3.63) is 71.3 Å². The van der Waals surface area contributed by atoms with Crippen LogP contribution in [0.15, 0.2) is 48.6 Å². The molecule has 0 amide bonds. The molecule has 7 nitrogen and oxygen atoms in total. The first-order valence-corrected chi connectivity index (χ1v) is 12.2. The van der Waals surface area contributed by atoms with Crippen molar-refractivity contribution in [1.29, 1.82) is 0 Å². The maximum Gasteiger partial charge on any atom is 0.167 e. The Morgan fingerprint density at radius 2 is 1.24 bits per heavy atom. The highest BCUT2D eigenvalue weighted by Crippen LogP contribution is 2.34. The molecule has 2 aliphatic heterocycles. The van der Waals surface area contributed by atoms with E-state index in [1.807, 2.05) is 24.3 Å². The third-order valence-electron chi connectivity index (χ3n) is 6.77.